The van der Waals surface area contributed by atoms with E-state index in [4.69, 9.17) is 15.3 Å². The van der Waals surface area contributed by atoms with Crippen LogP contribution in [0.15, 0.2) is 0 Å². The SMILES string of the molecule is COC(OCC(=O)O)(C(=O)O)C(=O)O.[H-].[H-].[H-].[Na+].[Na+].[Na+]. The third kappa shape index (κ3) is 8.17. The number of hydrogen-bond donors (Lipinski definition) is 3. The standard InChI is InChI=1S/C6H8O8.3Na.3H/c1-13-6(4(9)10,5(11)12)14-2-3(7)8;;;;;;/h2H2,1H3,(H,7,8)(H,9,10)(H,11,12);;;;;;/q;3*+1;3*-1. The number of aliphatic carboxylic acids is 3. The van der Waals surface area contributed by atoms with Crippen LogP contribution in [0.1, 0.15) is 4.28 Å². The van der Waals surface area contributed by atoms with Crippen LogP contribution < -0.4 is 88.7 Å². The molecule has 86 valence electrons. The van der Waals surface area contributed by atoms with Gasteiger partial charge >= 0.3 is 112 Å². The van der Waals surface area contributed by atoms with Gasteiger partial charge in [-0.05, 0) is 0 Å². The molecule has 11 heteroatoms. The van der Waals surface area contributed by atoms with Gasteiger partial charge in [-0.3, -0.25) is 0 Å². The summed E-state index contributed by atoms with van der Waals surface area (Å²) in [7, 11) is 0.782. The Bertz CT molecular complexity index is 266. The Balaban J connectivity index is -0.0000000563. The normalized spacial score (nSPS) is 9.00. The molecule has 0 aromatic rings. The molecule has 0 bridgehead atoms. The van der Waals surface area contributed by atoms with E-state index < -0.39 is 30.3 Å². The van der Waals surface area contributed by atoms with Crippen molar-refractivity contribution in [2.45, 2.75) is 5.79 Å². The second-order valence-electron chi connectivity index (χ2n) is 2.11. The zero-order valence-corrected chi connectivity index (χ0v) is 16.1. The first-order chi connectivity index (χ1) is 6.36. The predicted octanol–water partition coefficient (Wildman–Crippen LogP) is -10.1. The van der Waals surface area contributed by atoms with Crippen molar-refractivity contribution in [3.05, 3.63) is 0 Å². The number of ether oxygens (including phenoxy) is 2. The van der Waals surface area contributed by atoms with Crippen LogP contribution >= 0.6 is 0 Å². The minimum absolute atomic E-state index is 0. The van der Waals surface area contributed by atoms with Crippen molar-refractivity contribution in [2.24, 2.45) is 0 Å². The Morgan fingerprint density at radius 2 is 1.41 bits per heavy atom. The van der Waals surface area contributed by atoms with Crippen LogP contribution in [-0.2, 0) is 23.9 Å². The largest absolute Gasteiger partial charge is 1.00 e. The predicted molar refractivity (Wildman–Crippen MR) is 41.9 cm³/mol. The van der Waals surface area contributed by atoms with E-state index in [9.17, 15) is 14.4 Å². The molecule has 0 aliphatic rings. The molecule has 0 spiro atoms. The minimum Gasteiger partial charge on any atom is -1.00 e. The molecule has 3 N–H and O–H groups in total. The molecule has 0 radical (unpaired) electrons. The summed E-state index contributed by atoms with van der Waals surface area (Å²) in [4.78, 5) is 31.0. The topological polar surface area (TPSA) is 130 Å². The molecule has 0 aliphatic heterocycles. The van der Waals surface area contributed by atoms with Crippen molar-refractivity contribution < 1.29 is 132 Å². The van der Waals surface area contributed by atoms with Gasteiger partial charge < -0.3 is 29.1 Å². The van der Waals surface area contributed by atoms with Crippen molar-refractivity contribution in [3.8, 4) is 0 Å². The maximum absolute atomic E-state index is 10.5. The fourth-order valence-electron chi connectivity index (χ4n) is 0.612. The molecule has 17 heavy (non-hydrogen) atoms. The summed E-state index contributed by atoms with van der Waals surface area (Å²) < 4.78 is 8.27. The Morgan fingerprint density at radius 3 is 1.59 bits per heavy atom. The zero-order chi connectivity index (χ0) is 11.4. The average Bonchev–Trinajstić information content (AvgIpc) is 2.04. The molecule has 0 aromatic carbocycles. The monoisotopic (exact) mass is 280 g/mol. The van der Waals surface area contributed by atoms with Crippen LogP contribution in [0.3, 0.4) is 0 Å². The first kappa shape index (κ1) is 26.8. The Hall–Kier alpha value is 1.33. The molecule has 0 aromatic heterocycles. The van der Waals surface area contributed by atoms with E-state index in [0.29, 0.717) is 0 Å². The van der Waals surface area contributed by atoms with Crippen LogP contribution in [-0.4, -0.2) is 52.7 Å². The maximum Gasteiger partial charge on any atom is 1.00 e. The molecule has 0 saturated heterocycles. The average molecular weight is 280 g/mol. The molecule has 8 nitrogen and oxygen atoms in total. The van der Waals surface area contributed by atoms with E-state index in [0.717, 1.165) is 7.11 Å². The summed E-state index contributed by atoms with van der Waals surface area (Å²) >= 11 is 0. The van der Waals surface area contributed by atoms with Crippen molar-refractivity contribution in [3.63, 3.8) is 0 Å². The second kappa shape index (κ2) is 12.4. The summed E-state index contributed by atoms with van der Waals surface area (Å²) in [5, 5.41) is 25.1. The van der Waals surface area contributed by atoms with Gasteiger partial charge in [0.2, 0.25) is 0 Å². The van der Waals surface area contributed by atoms with E-state index in [1.54, 1.807) is 0 Å². The summed E-state index contributed by atoms with van der Waals surface area (Å²) in [6, 6.07) is 0. The van der Waals surface area contributed by atoms with E-state index in [1.165, 1.54) is 0 Å². The number of rotatable bonds is 6. The van der Waals surface area contributed by atoms with Gasteiger partial charge in [0.15, 0.2) is 0 Å². The van der Waals surface area contributed by atoms with Crippen molar-refractivity contribution >= 4 is 17.9 Å². The van der Waals surface area contributed by atoms with E-state index in [2.05, 4.69) is 9.47 Å². The summed E-state index contributed by atoms with van der Waals surface area (Å²) in [5.74, 6) is -8.35. The molecular weight excluding hydrogens is 269 g/mol. The summed E-state index contributed by atoms with van der Waals surface area (Å²) in [6.07, 6.45) is 0. The third-order valence-corrected chi connectivity index (χ3v) is 1.25. The van der Waals surface area contributed by atoms with Gasteiger partial charge in [-0.2, -0.15) is 0 Å². The van der Waals surface area contributed by atoms with E-state index in [-0.39, 0.29) is 93.0 Å². The van der Waals surface area contributed by atoms with Crippen LogP contribution in [0.5, 0.6) is 0 Å². The van der Waals surface area contributed by atoms with Gasteiger partial charge in [-0.15, -0.1) is 0 Å². The van der Waals surface area contributed by atoms with Gasteiger partial charge in [0.05, 0.1) is 0 Å². The van der Waals surface area contributed by atoms with E-state index in [1.807, 2.05) is 0 Å². The number of methoxy groups -OCH3 is 1. The van der Waals surface area contributed by atoms with Crippen LogP contribution in [0.25, 0.3) is 0 Å². The fraction of sp³-hybridized carbons (Fsp3) is 0.500. The van der Waals surface area contributed by atoms with E-state index >= 15 is 0 Å². The first-order valence-corrected chi connectivity index (χ1v) is 3.24. The number of hydrogen-bond acceptors (Lipinski definition) is 5. The van der Waals surface area contributed by atoms with Gasteiger partial charge in [0.1, 0.15) is 6.61 Å². The molecule has 0 fully saturated rings. The number of carbonyl (C=O) groups is 3. The number of carboxylic acids is 3. The molecular formula is C6H11Na3O8. The fourth-order valence-corrected chi connectivity index (χ4v) is 0.612. The third-order valence-electron chi connectivity index (χ3n) is 1.25. The smallest absolute Gasteiger partial charge is 1.00 e. The quantitative estimate of drug-likeness (QED) is 0.248. The molecule has 0 atom stereocenters. The maximum atomic E-state index is 10.5. The molecule has 0 rings (SSSR count). The van der Waals surface area contributed by atoms with Gasteiger partial charge in [-0.1, -0.05) is 0 Å². The number of carboxylic acid groups (broad SMARTS) is 3. The van der Waals surface area contributed by atoms with Gasteiger partial charge in [0.25, 0.3) is 0 Å². The van der Waals surface area contributed by atoms with Crippen LogP contribution in [0, 0.1) is 0 Å². The molecule has 0 amide bonds. The molecule has 0 unspecified atom stereocenters. The van der Waals surface area contributed by atoms with Crippen molar-refractivity contribution in [1.82, 2.24) is 0 Å². The molecule has 0 heterocycles. The van der Waals surface area contributed by atoms with Crippen LogP contribution in [0.2, 0.25) is 0 Å². The Morgan fingerprint density at radius 1 is 1.06 bits per heavy atom. The molecule has 0 aliphatic carbocycles. The zero-order valence-electron chi connectivity index (χ0n) is 13.1. The second-order valence-corrected chi connectivity index (χ2v) is 2.11. The summed E-state index contributed by atoms with van der Waals surface area (Å²) in [6.45, 7) is -1.09. The Kier molecular flexibility index (Phi) is 19.5. The Labute approximate surface area is 167 Å². The van der Waals surface area contributed by atoms with Gasteiger partial charge in [0, 0.05) is 7.11 Å². The first-order valence-electron chi connectivity index (χ1n) is 3.24. The van der Waals surface area contributed by atoms with Crippen molar-refractivity contribution in [2.75, 3.05) is 13.7 Å². The summed E-state index contributed by atoms with van der Waals surface area (Å²) in [5.41, 5.74) is 0. The van der Waals surface area contributed by atoms with Gasteiger partial charge in [-0.25, -0.2) is 14.4 Å². The minimum atomic E-state index is -2.97. The van der Waals surface area contributed by atoms with Crippen molar-refractivity contribution in [1.29, 1.82) is 0 Å². The van der Waals surface area contributed by atoms with Crippen LogP contribution in [0.4, 0.5) is 0 Å². The molecule has 0 saturated carbocycles.